The standard InChI is InChI=1S/C14H14FN3O2/c1-3-20-13-11(9-4-6-10(15)7-5-9)8(2)17-18-12(13)14(16)19/h4-7H,3H2,1-2H3,(H2,16,19). The molecule has 2 rings (SSSR count). The Bertz CT molecular complexity index is 642. The highest BCUT2D eigenvalue weighted by molar-refractivity contribution is 5.96. The predicted molar refractivity (Wildman–Crippen MR) is 71.8 cm³/mol. The number of amides is 1. The number of primary amides is 1. The molecule has 0 fully saturated rings. The Hall–Kier alpha value is -2.50. The minimum absolute atomic E-state index is 0.0308. The molecule has 5 nitrogen and oxygen atoms in total. The van der Waals surface area contributed by atoms with Crippen molar-refractivity contribution in [2.24, 2.45) is 5.73 Å². The summed E-state index contributed by atoms with van der Waals surface area (Å²) in [6, 6.07) is 5.84. The minimum Gasteiger partial charge on any atom is -0.491 e. The summed E-state index contributed by atoms with van der Waals surface area (Å²) in [5.41, 5.74) is 7.11. The SMILES string of the molecule is CCOc1c(C(N)=O)nnc(C)c1-c1ccc(F)cc1. The maximum atomic E-state index is 13.0. The van der Waals surface area contributed by atoms with Crippen LogP contribution in [0.25, 0.3) is 11.1 Å². The number of aromatic nitrogens is 2. The molecule has 0 bridgehead atoms. The number of hydrogen-bond acceptors (Lipinski definition) is 4. The molecule has 1 aromatic heterocycles. The molecular weight excluding hydrogens is 261 g/mol. The summed E-state index contributed by atoms with van der Waals surface area (Å²) in [6.07, 6.45) is 0. The maximum absolute atomic E-state index is 13.0. The molecule has 1 amide bonds. The molecule has 20 heavy (non-hydrogen) atoms. The van der Waals surface area contributed by atoms with E-state index in [0.717, 1.165) is 0 Å². The number of carbonyl (C=O) groups excluding carboxylic acids is 1. The van der Waals surface area contributed by atoms with Gasteiger partial charge in [-0.3, -0.25) is 4.79 Å². The second-order valence-corrected chi connectivity index (χ2v) is 4.14. The Morgan fingerprint density at radius 2 is 1.95 bits per heavy atom. The van der Waals surface area contributed by atoms with Crippen molar-refractivity contribution in [1.29, 1.82) is 0 Å². The first-order valence-electron chi connectivity index (χ1n) is 6.10. The van der Waals surface area contributed by atoms with Gasteiger partial charge in [0, 0.05) is 5.56 Å². The van der Waals surface area contributed by atoms with Gasteiger partial charge in [-0.15, -0.1) is 5.10 Å². The molecule has 0 atom stereocenters. The average Bonchev–Trinajstić information content (AvgIpc) is 2.40. The van der Waals surface area contributed by atoms with Crippen LogP contribution >= 0.6 is 0 Å². The van der Waals surface area contributed by atoms with Gasteiger partial charge < -0.3 is 10.5 Å². The Morgan fingerprint density at radius 3 is 2.50 bits per heavy atom. The average molecular weight is 275 g/mol. The minimum atomic E-state index is -0.718. The maximum Gasteiger partial charge on any atom is 0.273 e. The summed E-state index contributed by atoms with van der Waals surface area (Å²) in [6.45, 7) is 3.87. The van der Waals surface area contributed by atoms with Crippen LogP contribution in [0.1, 0.15) is 23.1 Å². The number of benzene rings is 1. The predicted octanol–water partition coefficient (Wildman–Crippen LogP) is 2.09. The molecule has 1 heterocycles. The van der Waals surface area contributed by atoms with E-state index < -0.39 is 5.91 Å². The summed E-state index contributed by atoms with van der Waals surface area (Å²) >= 11 is 0. The highest BCUT2D eigenvalue weighted by Crippen LogP contribution is 2.34. The van der Waals surface area contributed by atoms with Crippen molar-refractivity contribution in [2.45, 2.75) is 13.8 Å². The number of rotatable bonds is 4. The molecule has 104 valence electrons. The molecule has 0 saturated heterocycles. The van der Waals surface area contributed by atoms with Crippen molar-refractivity contribution in [1.82, 2.24) is 10.2 Å². The third kappa shape index (κ3) is 2.59. The van der Waals surface area contributed by atoms with Gasteiger partial charge in [-0.05, 0) is 31.5 Å². The largest absolute Gasteiger partial charge is 0.491 e. The van der Waals surface area contributed by atoms with E-state index in [0.29, 0.717) is 23.4 Å². The molecule has 0 radical (unpaired) electrons. The van der Waals surface area contributed by atoms with Gasteiger partial charge in [0.25, 0.3) is 5.91 Å². The lowest BCUT2D eigenvalue weighted by Gasteiger charge is -2.14. The Kier molecular flexibility index (Phi) is 3.93. The second-order valence-electron chi connectivity index (χ2n) is 4.14. The summed E-state index contributed by atoms with van der Waals surface area (Å²) < 4.78 is 18.5. The van der Waals surface area contributed by atoms with Crippen molar-refractivity contribution >= 4 is 5.91 Å². The van der Waals surface area contributed by atoms with Crippen LogP contribution in [-0.2, 0) is 0 Å². The first-order valence-corrected chi connectivity index (χ1v) is 6.10. The van der Waals surface area contributed by atoms with Crippen LogP contribution in [0.5, 0.6) is 5.75 Å². The fourth-order valence-corrected chi connectivity index (χ4v) is 1.91. The Balaban J connectivity index is 2.69. The lowest BCUT2D eigenvalue weighted by Crippen LogP contribution is -2.17. The molecular formula is C14H14FN3O2. The van der Waals surface area contributed by atoms with E-state index in [4.69, 9.17) is 10.5 Å². The van der Waals surface area contributed by atoms with Crippen LogP contribution in [0.4, 0.5) is 4.39 Å². The monoisotopic (exact) mass is 275 g/mol. The number of aryl methyl sites for hydroxylation is 1. The first kappa shape index (κ1) is 13.9. The van der Waals surface area contributed by atoms with Gasteiger partial charge in [0.1, 0.15) is 5.82 Å². The fourth-order valence-electron chi connectivity index (χ4n) is 1.91. The second kappa shape index (κ2) is 5.64. The van der Waals surface area contributed by atoms with Gasteiger partial charge in [0.2, 0.25) is 0 Å². The van der Waals surface area contributed by atoms with Crippen molar-refractivity contribution < 1.29 is 13.9 Å². The zero-order valence-electron chi connectivity index (χ0n) is 11.2. The topological polar surface area (TPSA) is 78.1 Å². The molecule has 0 spiro atoms. The third-order valence-electron chi connectivity index (χ3n) is 2.76. The van der Waals surface area contributed by atoms with E-state index in [1.165, 1.54) is 12.1 Å². The molecule has 2 N–H and O–H groups in total. The van der Waals surface area contributed by atoms with E-state index >= 15 is 0 Å². The van der Waals surface area contributed by atoms with Gasteiger partial charge in [-0.2, -0.15) is 5.10 Å². The van der Waals surface area contributed by atoms with Gasteiger partial charge in [0.15, 0.2) is 11.4 Å². The number of carbonyl (C=O) groups is 1. The van der Waals surface area contributed by atoms with Gasteiger partial charge >= 0.3 is 0 Å². The summed E-state index contributed by atoms with van der Waals surface area (Å²) in [4.78, 5) is 11.4. The Morgan fingerprint density at radius 1 is 1.30 bits per heavy atom. The number of hydrogen-bond donors (Lipinski definition) is 1. The zero-order valence-corrected chi connectivity index (χ0v) is 11.2. The summed E-state index contributed by atoms with van der Waals surface area (Å²) in [7, 11) is 0. The van der Waals surface area contributed by atoms with Crippen molar-refractivity contribution in [3.63, 3.8) is 0 Å². The van der Waals surface area contributed by atoms with E-state index in [2.05, 4.69) is 10.2 Å². The fraction of sp³-hybridized carbons (Fsp3) is 0.214. The smallest absolute Gasteiger partial charge is 0.273 e. The van der Waals surface area contributed by atoms with Gasteiger partial charge in [0.05, 0.1) is 12.3 Å². The van der Waals surface area contributed by atoms with E-state index in [1.807, 2.05) is 0 Å². The molecule has 0 unspecified atom stereocenters. The third-order valence-corrected chi connectivity index (χ3v) is 2.76. The quantitative estimate of drug-likeness (QED) is 0.926. The first-order chi connectivity index (χ1) is 9.54. The van der Waals surface area contributed by atoms with Crippen molar-refractivity contribution in [3.8, 4) is 16.9 Å². The van der Waals surface area contributed by atoms with Crippen LogP contribution in [0.3, 0.4) is 0 Å². The zero-order chi connectivity index (χ0) is 14.7. The van der Waals surface area contributed by atoms with E-state index in [9.17, 15) is 9.18 Å². The van der Waals surface area contributed by atoms with Crippen LogP contribution in [0, 0.1) is 12.7 Å². The summed E-state index contributed by atoms with van der Waals surface area (Å²) in [5.74, 6) is -0.787. The van der Waals surface area contributed by atoms with Gasteiger partial charge in [-0.25, -0.2) is 4.39 Å². The molecule has 0 aliphatic heterocycles. The van der Waals surface area contributed by atoms with E-state index in [-0.39, 0.29) is 17.3 Å². The van der Waals surface area contributed by atoms with Crippen molar-refractivity contribution in [3.05, 3.63) is 41.5 Å². The normalized spacial score (nSPS) is 10.3. The van der Waals surface area contributed by atoms with Gasteiger partial charge in [-0.1, -0.05) is 12.1 Å². The molecule has 0 aliphatic rings. The summed E-state index contributed by atoms with van der Waals surface area (Å²) in [5, 5.41) is 7.69. The lowest BCUT2D eigenvalue weighted by atomic mass is 10.0. The number of nitrogens with two attached hydrogens (primary N) is 1. The van der Waals surface area contributed by atoms with Crippen LogP contribution < -0.4 is 10.5 Å². The van der Waals surface area contributed by atoms with Crippen LogP contribution in [0.15, 0.2) is 24.3 Å². The highest BCUT2D eigenvalue weighted by Gasteiger charge is 2.20. The number of nitrogens with zero attached hydrogens (tertiary/aromatic N) is 2. The van der Waals surface area contributed by atoms with E-state index in [1.54, 1.807) is 26.0 Å². The van der Waals surface area contributed by atoms with Crippen LogP contribution in [-0.4, -0.2) is 22.7 Å². The molecule has 2 aromatic rings. The lowest BCUT2D eigenvalue weighted by molar-refractivity contribution is 0.0990. The molecule has 0 aliphatic carbocycles. The van der Waals surface area contributed by atoms with Crippen molar-refractivity contribution in [2.75, 3.05) is 6.61 Å². The highest BCUT2D eigenvalue weighted by atomic mass is 19.1. The van der Waals surface area contributed by atoms with Crippen LogP contribution in [0.2, 0.25) is 0 Å². The Labute approximate surface area is 115 Å². The number of ether oxygens (including phenoxy) is 1. The molecule has 6 heteroatoms. The molecule has 0 saturated carbocycles. The number of halogens is 1. The molecule has 1 aromatic carbocycles.